The molecule has 1 atom stereocenters. The molecule has 122 valence electrons. The number of piperidine rings is 1. The zero-order valence-electron chi connectivity index (χ0n) is 13.9. The van der Waals surface area contributed by atoms with Gasteiger partial charge in [0, 0.05) is 12.6 Å². The highest BCUT2D eigenvalue weighted by Gasteiger charge is 2.40. The Labute approximate surface area is 130 Å². The van der Waals surface area contributed by atoms with Crippen LogP contribution in [0.5, 0.6) is 0 Å². The van der Waals surface area contributed by atoms with Gasteiger partial charge in [-0.1, -0.05) is 26.2 Å². The third-order valence-electron chi connectivity index (χ3n) is 5.86. The van der Waals surface area contributed by atoms with E-state index in [2.05, 4.69) is 17.1 Å². The van der Waals surface area contributed by atoms with Crippen molar-refractivity contribution in [2.75, 3.05) is 26.2 Å². The molecule has 0 aromatic heterocycles. The van der Waals surface area contributed by atoms with E-state index in [-0.39, 0.29) is 5.60 Å². The largest absolute Gasteiger partial charge is 0.370 e. The first-order chi connectivity index (χ1) is 10.3. The summed E-state index contributed by atoms with van der Waals surface area (Å²) >= 11 is 0. The summed E-state index contributed by atoms with van der Waals surface area (Å²) in [6.45, 7) is 7.20. The lowest BCUT2D eigenvalue weighted by Gasteiger charge is -2.34. The van der Waals surface area contributed by atoms with Crippen molar-refractivity contribution in [2.24, 2.45) is 0 Å². The molecule has 3 aliphatic rings. The van der Waals surface area contributed by atoms with E-state index in [0.717, 1.165) is 12.6 Å². The van der Waals surface area contributed by atoms with Gasteiger partial charge < -0.3 is 15.0 Å². The third kappa shape index (κ3) is 4.20. The molecule has 3 fully saturated rings. The molecule has 1 unspecified atom stereocenters. The fraction of sp³-hybridized carbons (Fsp3) is 1.00. The van der Waals surface area contributed by atoms with Crippen LogP contribution in [0.1, 0.15) is 71.1 Å². The van der Waals surface area contributed by atoms with Crippen LogP contribution in [0.25, 0.3) is 0 Å². The first-order valence-corrected chi connectivity index (χ1v) is 9.43. The summed E-state index contributed by atoms with van der Waals surface area (Å²) in [6.07, 6.45) is 13.8. The third-order valence-corrected chi connectivity index (χ3v) is 5.86. The second-order valence-corrected chi connectivity index (χ2v) is 7.55. The fourth-order valence-electron chi connectivity index (χ4n) is 4.58. The summed E-state index contributed by atoms with van der Waals surface area (Å²) in [6, 6.07) is 0.726. The Hall–Kier alpha value is -0.120. The van der Waals surface area contributed by atoms with Crippen LogP contribution in [0.2, 0.25) is 0 Å². The highest BCUT2D eigenvalue weighted by Crippen LogP contribution is 2.41. The van der Waals surface area contributed by atoms with Crippen molar-refractivity contribution in [2.45, 2.75) is 88.9 Å². The maximum absolute atomic E-state index is 6.47. The zero-order chi connectivity index (χ0) is 14.5. The summed E-state index contributed by atoms with van der Waals surface area (Å²) in [4.78, 5) is 2.61. The molecule has 1 saturated carbocycles. The Morgan fingerprint density at radius 2 is 1.81 bits per heavy atom. The fourth-order valence-corrected chi connectivity index (χ4v) is 4.58. The van der Waals surface area contributed by atoms with Crippen LogP contribution in [0, 0.1) is 0 Å². The van der Waals surface area contributed by atoms with Gasteiger partial charge in [0.25, 0.3) is 0 Å². The Balaban J connectivity index is 1.35. The average molecular weight is 294 g/mol. The molecule has 2 saturated heterocycles. The Kier molecular flexibility index (Phi) is 5.58. The molecule has 1 N–H and O–H groups in total. The van der Waals surface area contributed by atoms with E-state index < -0.39 is 0 Å². The van der Waals surface area contributed by atoms with E-state index in [9.17, 15) is 0 Å². The molecule has 1 aliphatic carbocycles. The van der Waals surface area contributed by atoms with Crippen molar-refractivity contribution in [1.82, 2.24) is 10.2 Å². The molecule has 0 amide bonds. The molecule has 3 rings (SSSR count). The second-order valence-electron chi connectivity index (χ2n) is 7.55. The van der Waals surface area contributed by atoms with Gasteiger partial charge in [0.15, 0.2) is 0 Å². The highest BCUT2D eigenvalue weighted by atomic mass is 16.5. The van der Waals surface area contributed by atoms with Crippen molar-refractivity contribution >= 4 is 0 Å². The summed E-state index contributed by atoms with van der Waals surface area (Å²) in [5, 5.41) is 3.80. The molecular formula is C18H34N2O. The van der Waals surface area contributed by atoms with Gasteiger partial charge in [0.05, 0.1) is 11.7 Å². The molecule has 1 spiro atoms. The van der Waals surface area contributed by atoms with E-state index in [0.29, 0.717) is 6.10 Å². The lowest BCUT2D eigenvalue weighted by atomic mass is 9.83. The lowest BCUT2D eigenvalue weighted by molar-refractivity contribution is -0.0633. The molecule has 2 heterocycles. The van der Waals surface area contributed by atoms with Crippen molar-refractivity contribution in [1.29, 1.82) is 0 Å². The van der Waals surface area contributed by atoms with E-state index >= 15 is 0 Å². The van der Waals surface area contributed by atoms with Crippen LogP contribution < -0.4 is 5.32 Å². The maximum atomic E-state index is 6.47. The molecule has 3 nitrogen and oxygen atoms in total. The quantitative estimate of drug-likeness (QED) is 0.842. The number of rotatable bonds is 5. The second kappa shape index (κ2) is 7.43. The molecule has 3 heteroatoms. The first-order valence-electron chi connectivity index (χ1n) is 9.43. The predicted octanol–water partition coefficient (Wildman–Crippen LogP) is 3.33. The van der Waals surface area contributed by atoms with Crippen molar-refractivity contribution in [3.05, 3.63) is 0 Å². The number of hydrogen-bond donors (Lipinski definition) is 1. The van der Waals surface area contributed by atoms with E-state index in [1.165, 1.54) is 83.8 Å². The highest BCUT2D eigenvalue weighted by molar-refractivity contribution is 4.92. The Bertz CT molecular complexity index is 306. The lowest BCUT2D eigenvalue weighted by Crippen LogP contribution is -2.45. The van der Waals surface area contributed by atoms with Gasteiger partial charge in [-0.25, -0.2) is 0 Å². The Morgan fingerprint density at radius 3 is 2.52 bits per heavy atom. The number of likely N-dealkylation sites (tertiary alicyclic amines) is 1. The van der Waals surface area contributed by atoms with Gasteiger partial charge in [-0.2, -0.15) is 0 Å². The van der Waals surface area contributed by atoms with Crippen molar-refractivity contribution in [3.63, 3.8) is 0 Å². The monoisotopic (exact) mass is 294 g/mol. The predicted molar refractivity (Wildman–Crippen MR) is 87.7 cm³/mol. The van der Waals surface area contributed by atoms with Crippen molar-refractivity contribution in [3.8, 4) is 0 Å². The number of nitrogens with zero attached hydrogens (tertiary/aromatic N) is 1. The van der Waals surface area contributed by atoms with Crippen LogP contribution in [0.15, 0.2) is 0 Å². The van der Waals surface area contributed by atoms with Crippen LogP contribution in [0.4, 0.5) is 0 Å². The van der Waals surface area contributed by atoms with E-state index in [1.54, 1.807) is 0 Å². The maximum Gasteiger partial charge on any atom is 0.0708 e. The van der Waals surface area contributed by atoms with Gasteiger partial charge in [0.1, 0.15) is 0 Å². The van der Waals surface area contributed by atoms with Crippen LogP contribution in [-0.2, 0) is 4.74 Å². The van der Waals surface area contributed by atoms with Gasteiger partial charge in [-0.05, 0) is 64.6 Å². The smallest absolute Gasteiger partial charge is 0.0708 e. The molecule has 2 aliphatic heterocycles. The first kappa shape index (κ1) is 15.8. The van der Waals surface area contributed by atoms with Gasteiger partial charge >= 0.3 is 0 Å². The summed E-state index contributed by atoms with van der Waals surface area (Å²) in [5.74, 6) is 0. The SMILES string of the molecule is CCCN1CCC(NCC2CCC3(CCCCC3)O2)CC1. The Morgan fingerprint density at radius 1 is 1.05 bits per heavy atom. The zero-order valence-corrected chi connectivity index (χ0v) is 13.9. The molecule has 0 bridgehead atoms. The molecule has 0 radical (unpaired) electrons. The summed E-state index contributed by atoms with van der Waals surface area (Å²) in [5.41, 5.74) is 0.287. The number of nitrogens with one attached hydrogen (secondary N) is 1. The van der Waals surface area contributed by atoms with E-state index in [1.807, 2.05) is 0 Å². The van der Waals surface area contributed by atoms with Gasteiger partial charge in [-0.3, -0.25) is 0 Å². The summed E-state index contributed by atoms with van der Waals surface area (Å²) < 4.78 is 6.47. The summed E-state index contributed by atoms with van der Waals surface area (Å²) in [7, 11) is 0. The van der Waals surface area contributed by atoms with E-state index in [4.69, 9.17) is 4.74 Å². The normalized spacial score (nSPS) is 31.0. The minimum Gasteiger partial charge on any atom is -0.370 e. The van der Waals surface area contributed by atoms with Gasteiger partial charge in [0.2, 0.25) is 0 Å². The standard InChI is InChI=1S/C18H34N2O/c1-2-12-20-13-7-16(8-14-20)19-15-17-6-11-18(21-17)9-4-3-5-10-18/h16-17,19H,2-15H2,1H3. The molecule has 0 aromatic rings. The number of ether oxygens (including phenoxy) is 1. The van der Waals surface area contributed by atoms with Crippen LogP contribution in [-0.4, -0.2) is 48.8 Å². The molecule has 0 aromatic carbocycles. The minimum absolute atomic E-state index is 0.287. The molecular weight excluding hydrogens is 260 g/mol. The topological polar surface area (TPSA) is 24.5 Å². The van der Waals surface area contributed by atoms with Gasteiger partial charge in [-0.15, -0.1) is 0 Å². The van der Waals surface area contributed by atoms with Crippen molar-refractivity contribution < 1.29 is 4.74 Å². The average Bonchev–Trinajstić information content (AvgIpc) is 2.90. The van der Waals surface area contributed by atoms with Crippen LogP contribution in [0.3, 0.4) is 0 Å². The molecule has 21 heavy (non-hydrogen) atoms. The van der Waals surface area contributed by atoms with Crippen LogP contribution >= 0.6 is 0 Å². The number of hydrogen-bond acceptors (Lipinski definition) is 3. The minimum atomic E-state index is 0.287.